The Balaban J connectivity index is 1.27. The lowest BCUT2D eigenvalue weighted by Gasteiger charge is -2.29. The maximum Gasteiger partial charge on any atom is 0.260 e. The van der Waals surface area contributed by atoms with Crippen molar-refractivity contribution in [3.05, 3.63) is 55.9 Å². The van der Waals surface area contributed by atoms with Gasteiger partial charge in [-0.05, 0) is 56.5 Å². The van der Waals surface area contributed by atoms with Crippen LogP contribution in [0.25, 0.3) is 10.2 Å². The predicted molar refractivity (Wildman–Crippen MR) is 121 cm³/mol. The Bertz CT molecular complexity index is 1080. The summed E-state index contributed by atoms with van der Waals surface area (Å²) in [5.41, 5.74) is 3.55. The number of rotatable bonds is 6. The molecule has 0 amide bonds. The van der Waals surface area contributed by atoms with E-state index in [9.17, 15) is 4.79 Å². The molecule has 4 rings (SSSR count). The summed E-state index contributed by atoms with van der Waals surface area (Å²) in [5, 5.41) is 0.759. The van der Waals surface area contributed by atoms with E-state index in [2.05, 4.69) is 44.0 Å². The number of fused-ring (bicyclic) bond motifs is 1. The van der Waals surface area contributed by atoms with Crippen molar-refractivity contribution >= 4 is 21.6 Å². The predicted octanol–water partition coefficient (Wildman–Crippen LogP) is 0.581. The smallest absolute Gasteiger partial charge is 0.260 e. The zero-order valence-corrected chi connectivity index (χ0v) is 19.2. The number of piperazine rings is 1. The van der Waals surface area contributed by atoms with Crippen LogP contribution in [0.15, 0.2) is 23.0 Å². The third-order valence-electron chi connectivity index (χ3n) is 6.09. The third-order valence-corrected chi connectivity index (χ3v) is 7.19. The van der Waals surface area contributed by atoms with Crippen LogP contribution in [0, 0.1) is 27.7 Å². The van der Waals surface area contributed by atoms with Gasteiger partial charge in [0.15, 0.2) is 5.82 Å². The Morgan fingerprint density at radius 3 is 2.40 bits per heavy atom. The second-order valence-corrected chi connectivity index (χ2v) is 9.78. The highest BCUT2D eigenvalue weighted by atomic mass is 32.1. The Morgan fingerprint density at radius 2 is 1.70 bits per heavy atom. The van der Waals surface area contributed by atoms with Crippen molar-refractivity contribution in [2.45, 2.75) is 34.2 Å². The summed E-state index contributed by atoms with van der Waals surface area (Å²) in [7, 11) is 0. The second-order valence-electron chi connectivity index (χ2n) is 8.57. The van der Waals surface area contributed by atoms with E-state index in [1.807, 2.05) is 6.92 Å². The van der Waals surface area contributed by atoms with E-state index in [0.717, 1.165) is 73.2 Å². The van der Waals surface area contributed by atoms with Crippen molar-refractivity contribution in [2.24, 2.45) is 0 Å². The lowest BCUT2D eigenvalue weighted by atomic mass is 10.1. The van der Waals surface area contributed by atoms with Crippen molar-refractivity contribution in [1.82, 2.24) is 9.97 Å². The van der Waals surface area contributed by atoms with Gasteiger partial charge in [-0.1, -0.05) is 6.07 Å². The van der Waals surface area contributed by atoms with Crippen molar-refractivity contribution in [3.8, 4) is 5.75 Å². The first kappa shape index (κ1) is 21.0. The first-order chi connectivity index (χ1) is 14.4. The SMILES string of the molecule is Cc1cc(C)cc(OCC[NH+]2CC[NH+](Cc3nc4sc(C)c(C)c4c(=O)[nH]3)CC2)c1. The molecule has 3 N–H and O–H groups in total. The van der Waals surface area contributed by atoms with E-state index in [0.29, 0.717) is 0 Å². The van der Waals surface area contributed by atoms with Crippen LogP contribution in [0.2, 0.25) is 0 Å². The highest BCUT2D eigenvalue weighted by molar-refractivity contribution is 7.18. The van der Waals surface area contributed by atoms with Crippen molar-refractivity contribution in [1.29, 1.82) is 0 Å². The van der Waals surface area contributed by atoms with Gasteiger partial charge in [-0.3, -0.25) is 4.79 Å². The number of benzene rings is 1. The molecule has 0 atom stereocenters. The van der Waals surface area contributed by atoms with Gasteiger partial charge in [0.25, 0.3) is 5.56 Å². The molecule has 0 unspecified atom stereocenters. The summed E-state index contributed by atoms with van der Waals surface area (Å²) < 4.78 is 5.98. The molecule has 3 aromatic rings. The van der Waals surface area contributed by atoms with Crippen LogP contribution in [-0.2, 0) is 6.54 Å². The number of H-pyrrole nitrogens is 1. The standard InChI is InChI=1S/C23H30N4O2S/c1-15-11-16(2)13-19(12-15)29-10-9-26-5-7-27(8-6-26)14-20-24-22(28)21-17(3)18(4)30-23(21)25-20/h11-13H,5-10,14H2,1-4H3,(H,24,25,28)/p+2. The fraction of sp³-hybridized carbons (Fsp3) is 0.478. The second kappa shape index (κ2) is 8.88. The van der Waals surface area contributed by atoms with Crippen molar-refractivity contribution in [3.63, 3.8) is 0 Å². The molecule has 0 aliphatic carbocycles. The number of quaternary nitrogens is 2. The number of ether oxygens (including phenoxy) is 1. The maximum atomic E-state index is 12.5. The molecule has 1 aliphatic rings. The number of thiophene rings is 1. The number of hydrogen-bond acceptors (Lipinski definition) is 4. The molecule has 1 aliphatic heterocycles. The Morgan fingerprint density at radius 1 is 1.03 bits per heavy atom. The number of nitrogens with zero attached hydrogens (tertiary/aromatic N) is 1. The maximum absolute atomic E-state index is 12.5. The van der Waals surface area contributed by atoms with Gasteiger partial charge in [-0.25, -0.2) is 4.98 Å². The number of hydrogen-bond donors (Lipinski definition) is 3. The Labute approximate surface area is 181 Å². The summed E-state index contributed by atoms with van der Waals surface area (Å²) in [6, 6.07) is 6.37. The van der Waals surface area contributed by atoms with Gasteiger partial charge in [0.05, 0.1) is 5.39 Å². The molecule has 1 aromatic carbocycles. The molecular formula is C23H32N4O2S+2. The molecular weight excluding hydrogens is 396 g/mol. The van der Waals surface area contributed by atoms with E-state index in [-0.39, 0.29) is 5.56 Å². The fourth-order valence-electron chi connectivity index (χ4n) is 4.33. The number of aromatic amines is 1. The monoisotopic (exact) mass is 428 g/mol. The lowest BCUT2D eigenvalue weighted by molar-refractivity contribution is -1.02. The number of aromatic nitrogens is 2. The van der Waals surface area contributed by atoms with Crippen LogP contribution in [0.3, 0.4) is 0 Å². The Hall–Kier alpha value is -2.22. The minimum Gasteiger partial charge on any atom is -0.488 e. The molecule has 30 heavy (non-hydrogen) atoms. The average molecular weight is 429 g/mol. The summed E-state index contributed by atoms with van der Waals surface area (Å²) in [6.45, 7) is 15.2. The van der Waals surface area contributed by atoms with Gasteiger partial charge in [0.1, 0.15) is 56.5 Å². The molecule has 0 bridgehead atoms. The molecule has 1 saturated heterocycles. The molecule has 0 radical (unpaired) electrons. The summed E-state index contributed by atoms with van der Waals surface area (Å²) in [6.07, 6.45) is 0. The molecule has 160 valence electrons. The van der Waals surface area contributed by atoms with Gasteiger partial charge < -0.3 is 19.5 Å². The topological polar surface area (TPSA) is 63.9 Å². The number of nitrogens with one attached hydrogen (secondary N) is 3. The van der Waals surface area contributed by atoms with Crippen LogP contribution in [0.4, 0.5) is 0 Å². The van der Waals surface area contributed by atoms with E-state index >= 15 is 0 Å². The summed E-state index contributed by atoms with van der Waals surface area (Å²) in [5.74, 6) is 1.78. The molecule has 0 saturated carbocycles. The lowest BCUT2D eigenvalue weighted by Crippen LogP contribution is -3.27. The highest BCUT2D eigenvalue weighted by Crippen LogP contribution is 2.25. The Kier molecular flexibility index (Phi) is 6.22. The van der Waals surface area contributed by atoms with Gasteiger partial charge in [-0.2, -0.15) is 0 Å². The van der Waals surface area contributed by atoms with Crippen LogP contribution >= 0.6 is 11.3 Å². The first-order valence-electron chi connectivity index (χ1n) is 10.8. The first-order valence-corrected chi connectivity index (χ1v) is 11.6. The van der Waals surface area contributed by atoms with Gasteiger partial charge in [0.2, 0.25) is 0 Å². The van der Waals surface area contributed by atoms with Gasteiger partial charge >= 0.3 is 0 Å². The van der Waals surface area contributed by atoms with Crippen LogP contribution < -0.4 is 20.1 Å². The van der Waals surface area contributed by atoms with E-state index in [1.165, 1.54) is 20.9 Å². The minimum absolute atomic E-state index is 0.00375. The van der Waals surface area contributed by atoms with Gasteiger partial charge in [0, 0.05) is 4.88 Å². The van der Waals surface area contributed by atoms with Crippen LogP contribution in [-0.4, -0.2) is 49.3 Å². The molecule has 7 heteroatoms. The average Bonchev–Trinajstić information content (AvgIpc) is 2.96. The van der Waals surface area contributed by atoms with Gasteiger partial charge in [-0.15, -0.1) is 11.3 Å². The minimum atomic E-state index is 0.00375. The van der Waals surface area contributed by atoms with Crippen LogP contribution in [0.1, 0.15) is 27.4 Å². The molecule has 0 spiro atoms. The largest absolute Gasteiger partial charge is 0.488 e. The zero-order chi connectivity index (χ0) is 21.3. The highest BCUT2D eigenvalue weighted by Gasteiger charge is 2.24. The quantitative estimate of drug-likeness (QED) is 0.538. The van der Waals surface area contributed by atoms with E-state index in [1.54, 1.807) is 16.2 Å². The normalized spacial score (nSPS) is 19.3. The molecule has 1 fully saturated rings. The van der Waals surface area contributed by atoms with Crippen molar-refractivity contribution in [2.75, 3.05) is 39.3 Å². The third kappa shape index (κ3) is 4.74. The van der Waals surface area contributed by atoms with Crippen molar-refractivity contribution < 1.29 is 14.5 Å². The summed E-state index contributed by atoms with van der Waals surface area (Å²) >= 11 is 1.62. The van der Waals surface area contributed by atoms with E-state index < -0.39 is 0 Å². The zero-order valence-electron chi connectivity index (χ0n) is 18.4. The molecule has 3 heterocycles. The molecule has 6 nitrogen and oxygen atoms in total. The molecule has 2 aromatic heterocycles. The fourth-order valence-corrected chi connectivity index (χ4v) is 5.38. The van der Waals surface area contributed by atoms with E-state index in [4.69, 9.17) is 9.72 Å². The summed E-state index contributed by atoms with van der Waals surface area (Å²) in [4.78, 5) is 25.4. The van der Waals surface area contributed by atoms with Crippen LogP contribution in [0.5, 0.6) is 5.75 Å². The number of aryl methyl sites for hydroxylation is 4.